The summed E-state index contributed by atoms with van der Waals surface area (Å²) in [6.45, 7) is 0.506. The van der Waals surface area contributed by atoms with Gasteiger partial charge < -0.3 is 4.74 Å². The molecule has 1 N–H and O–H groups in total. The van der Waals surface area contributed by atoms with Crippen molar-refractivity contribution in [2.24, 2.45) is 0 Å². The van der Waals surface area contributed by atoms with Crippen molar-refractivity contribution >= 4 is 21.6 Å². The Labute approximate surface area is 99.6 Å². The Balaban J connectivity index is 2.26. The molecule has 0 amide bonds. The first-order valence-corrected chi connectivity index (χ1v) is 7.09. The van der Waals surface area contributed by atoms with E-state index in [-0.39, 0.29) is 6.04 Å². The number of fused-ring (bicyclic) bond motifs is 1. The second kappa shape index (κ2) is 4.61. The third-order valence-corrected chi connectivity index (χ3v) is 4.22. The highest BCUT2D eigenvalue weighted by molar-refractivity contribution is 7.90. The minimum atomic E-state index is -3.40. The summed E-state index contributed by atoms with van der Waals surface area (Å²) < 4.78 is 30.8. The van der Waals surface area contributed by atoms with Crippen molar-refractivity contribution in [3.8, 4) is 5.75 Å². The Hall–Kier alpha value is -0.780. The van der Waals surface area contributed by atoms with Crippen molar-refractivity contribution in [1.29, 1.82) is 0 Å². The molecule has 0 spiro atoms. The summed E-state index contributed by atoms with van der Waals surface area (Å²) in [5.74, 6) is 0.732. The summed E-state index contributed by atoms with van der Waals surface area (Å²) in [5.41, 5.74) is 0.863. The molecule has 1 aliphatic rings. The molecule has 1 aromatic rings. The minimum absolute atomic E-state index is 0.242. The van der Waals surface area contributed by atoms with Gasteiger partial charge in [-0.05, 0) is 6.07 Å². The third kappa shape index (κ3) is 2.48. The third-order valence-electron chi connectivity index (χ3n) is 2.42. The van der Waals surface area contributed by atoms with E-state index >= 15 is 0 Å². The normalized spacial score (nSPS) is 19.9. The van der Waals surface area contributed by atoms with E-state index in [4.69, 9.17) is 16.3 Å². The van der Waals surface area contributed by atoms with Gasteiger partial charge in [-0.25, -0.2) is 13.1 Å². The van der Waals surface area contributed by atoms with E-state index in [2.05, 4.69) is 4.72 Å². The molecule has 0 aliphatic carbocycles. The standard InChI is InChI=1S/C10H12ClNO3S/c11-7-16(13,14)12-9-5-6-15-10-4-2-1-3-8(9)10/h1-4,9,12H,5-7H2. The van der Waals surface area contributed by atoms with Crippen LogP contribution in [0.2, 0.25) is 0 Å². The summed E-state index contributed by atoms with van der Waals surface area (Å²) in [6.07, 6.45) is 0.618. The van der Waals surface area contributed by atoms with E-state index in [1.165, 1.54) is 0 Å². The predicted octanol–water partition coefficient (Wildman–Crippen LogP) is 1.63. The van der Waals surface area contributed by atoms with Crippen LogP contribution in [0.15, 0.2) is 24.3 Å². The van der Waals surface area contributed by atoms with Gasteiger partial charge in [-0.3, -0.25) is 0 Å². The molecule has 0 aromatic heterocycles. The molecule has 0 radical (unpaired) electrons. The quantitative estimate of drug-likeness (QED) is 0.842. The van der Waals surface area contributed by atoms with Crippen LogP contribution in [0.5, 0.6) is 5.75 Å². The monoisotopic (exact) mass is 261 g/mol. The average molecular weight is 262 g/mol. The number of benzene rings is 1. The van der Waals surface area contributed by atoms with Gasteiger partial charge >= 0.3 is 0 Å². The molecule has 0 fully saturated rings. The molecule has 0 saturated heterocycles. The van der Waals surface area contributed by atoms with Gasteiger partial charge in [0.15, 0.2) is 0 Å². The number of halogens is 1. The minimum Gasteiger partial charge on any atom is -0.493 e. The number of para-hydroxylation sites is 1. The average Bonchev–Trinajstić information content (AvgIpc) is 2.29. The van der Waals surface area contributed by atoms with E-state index in [0.29, 0.717) is 13.0 Å². The Morgan fingerprint density at radius 3 is 2.94 bits per heavy atom. The van der Waals surface area contributed by atoms with Gasteiger partial charge in [0.05, 0.1) is 12.6 Å². The van der Waals surface area contributed by atoms with Gasteiger partial charge in [0.2, 0.25) is 10.0 Å². The van der Waals surface area contributed by atoms with Crippen LogP contribution in [0.4, 0.5) is 0 Å². The first kappa shape index (κ1) is 11.7. The van der Waals surface area contributed by atoms with Gasteiger partial charge in [-0.2, -0.15) is 0 Å². The van der Waals surface area contributed by atoms with E-state index < -0.39 is 15.2 Å². The van der Waals surface area contributed by atoms with E-state index in [9.17, 15) is 8.42 Å². The zero-order chi connectivity index (χ0) is 11.6. The number of ether oxygens (including phenoxy) is 1. The molecule has 1 unspecified atom stereocenters. The molecular weight excluding hydrogens is 250 g/mol. The SMILES string of the molecule is O=S(=O)(CCl)NC1CCOc2ccccc21. The molecule has 1 aliphatic heterocycles. The maximum atomic E-state index is 11.4. The zero-order valence-corrected chi connectivity index (χ0v) is 10.1. The van der Waals surface area contributed by atoms with Gasteiger partial charge in [0.1, 0.15) is 11.0 Å². The molecule has 2 rings (SSSR count). The van der Waals surface area contributed by atoms with Crippen molar-refractivity contribution in [2.45, 2.75) is 12.5 Å². The lowest BCUT2D eigenvalue weighted by Gasteiger charge is -2.26. The molecule has 4 nitrogen and oxygen atoms in total. The molecule has 1 heterocycles. The highest BCUT2D eigenvalue weighted by Crippen LogP contribution is 2.31. The maximum absolute atomic E-state index is 11.4. The Morgan fingerprint density at radius 1 is 1.44 bits per heavy atom. The Morgan fingerprint density at radius 2 is 2.19 bits per heavy atom. The predicted molar refractivity (Wildman–Crippen MR) is 62.1 cm³/mol. The van der Waals surface area contributed by atoms with Crippen LogP contribution in [-0.2, 0) is 10.0 Å². The number of alkyl halides is 1. The largest absolute Gasteiger partial charge is 0.493 e. The topological polar surface area (TPSA) is 55.4 Å². The molecule has 0 bridgehead atoms. The lowest BCUT2D eigenvalue weighted by Crippen LogP contribution is -2.32. The highest BCUT2D eigenvalue weighted by atomic mass is 35.5. The molecule has 1 atom stereocenters. The summed E-state index contributed by atoms with van der Waals surface area (Å²) in [6, 6.07) is 7.16. The lowest BCUT2D eigenvalue weighted by molar-refractivity contribution is 0.263. The second-order valence-corrected chi connectivity index (χ2v) is 5.91. The van der Waals surface area contributed by atoms with Crippen LogP contribution in [0.3, 0.4) is 0 Å². The Bertz CT molecular complexity index is 475. The smallest absolute Gasteiger partial charge is 0.226 e. The molecular formula is C10H12ClNO3S. The fourth-order valence-electron chi connectivity index (χ4n) is 1.71. The zero-order valence-electron chi connectivity index (χ0n) is 8.52. The van der Waals surface area contributed by atoms with Crippen molar-refractivity contribution in [3.05, 3.63) is 29.8 Å². The fourth-order valence-corrected chi connectivity index (χ4v) is 2.64. The molecule has 16 heavy (non-hydrogen) atoms. The van der Waals surface area contributed by atoms with E-state index in [1.807, 2.05) is 24.3 Å². The number of hydrogen-bond donors (Lipinski definition) is 1. The first-order chi connectivity index (χ1) is 7.62. The Kier molecular flexibility index (Phi) is 3.37. The van der Waals surface area contributed by atoms with E-state index in [0.717, 1.165) is 11.3 Å². The van der Waals surface area contributed by atoms with Crippen molar-refractivity contribution in [2.75, 3.05) is 11.8 Å². The van der Waals surface area contributed by atoms with Crippen molar-refractivity contribution in [3.63, 3.8) is 0 Å². The molecule has 6 heteroatoms. The second-order valence-electron chi connectivity index (χ2n) is 3.57. The van der Waals surface area contributed by atoms with Crippen LogP contribution >= 0.6 is 11.6 Å². The van der Waals surface area contributed by atoms with E-state index in [1.54, 1.807) is 0 Å². The van der Waals surface area contributed by atoms with Crippen molar-refractivity contribution < 1.29 is 13.2 Å². The molecule has 0 saturated carbocycles. The van der Waals surface area contributed by atoms with Crippen LogP contribution < -0.4 is 9.46 Å². The van der Waals surface area contributed by atoms with Gasteiger partial charge in [-0.15, -0.1) is 11.6 Å². The number of hydrogen-bond acceptors (Lipinski definition) is 3. The van der Waals surface area contributed by atoms with Gasteiger partial charge in [0.25, 0.3) is 0 Å². The van der Waals surface area contributed by atoms with Crippen LogP contribution in [0.1, 0.15) is 18.0 Å². The van der Waals surface area contributed by atoms with Gasteiger partial charge in [-0.1, -0.05) is 18.2 Å². The molecule has 1 aromatic carbocycles. The van der Waals surface area contributed by atoms with Crippen LogP contribution in [0.25, 0.3) is 0 Å². The maximum Gasteiger partial charge on any atom is 0.226 e. The fraction of sp³-hybridized carbons (Fsp3) is 0.400. The van der Waals surface area contributed by atoms with Crippen LogP contribution in [0, 0.1) is 0 Å². The summed E-state index contributed by atoms with van der Waals surface area (Å²) in [7, 11) is -3.40. The van der Waals surface area contributed by atoms with Gasteiger partial charge in [0, 0.05) is 12.0 Å². The lowest BCUT2D eigenvalue weighted by atomic mass is 10.0. The summed E-state index contributed by atoms with van der Waals surface area (Å²) in [4.78, 5) is 0. The summed E-state index contributed by atoms with van der Waals surface area (Å²) >= 11 is 5.36. The summed E-state index contributed by atoms with van der Waals surface area (Å²) in [5, 5.41) is -0.424. The number of rotatable bonds is 3. The number of sulfonamides is 1. The van der Waals surface area contributed by atoms with Crippen LogP contribution in [-0.4, -0.2) is 20.2 Å². The number of nitrogens with one attached hydrogen (secondary N) is 1. The highest BCUT2D eigenvalue weighted by Gasteiger charge is 2.24. The first-order valence-electron chi connectivity index (χ1n) is 4.90. The van der Waals surface area contributed by atoms with Crippen molar-refractivity contribution in [1.82, 2.24) is 4.72 Å². The molecule has 88 valence electrons.